The monoisotopic (exact) mass is 303 g/mol. The topological polar surface area (TPSA) is 55.7 Å². The van der Waals surface area contributed by atoms with E-state index in [-0.39, 0.29) is 10.8 Å². The van der Waals surface area contributed by atoms with E-state index < -0.39 is 10.0 Å². The molecule has 4 nitrogen and oxygen atoms in total. The van der Waals surface area contributed by atoms with Crippen LogP contribution in [-0.4, -0.2) is 21.4 Å². The quantitative estimate of drug-likeness (QED) is 0.644. The van der Waals surface area contributed by atoms with E-state index in [1.807, 2.05) is 37.3 Å². The van der Waals surface area contributed by atoms with Gasteiger partial charge in [-0.2, -0.15) is 8.42 Å². The fraction of sp³-hybridized carbons (Fsp3) is 0.188. The van der Waals surface area contributed by atoms with Crippen LogP contribution in [0, 0.1) is 6.92 Å². The molecule has 0 unspecified atom stereocenters. The second kappa shape index (κ2) is 6.54. The molecule has 0 bridgehead atoms. The minimum atomic E-state index is -3.75. The van der Waals surface area contributed by atoms with E-state index in [0.29, 0.717) is 6.42 Å². The predicted molar refractivity (Wildman–Crippen MR) is 83.0 cm³/mol. The first-order valence-corrected chi connectivity index (χ1v) is 7.94. The number of benzene rings is 2. The second-order valence-electron chi connectivity index (χ2n) is 4.64. The first-order chi connectivity index (χ1) is 10.0. The normalized spacial score (nSPS) is 12.2. The maximum Gasteiger partial charge on any atom is 0.285 e. The third-order valence-corrected chi connectivity index (χ3v) is 4.29. The average molecular weight is 303 g/mol. The highest BCUT2D eigenvalue weighted by atomic mass is 32.2. The summed E-state index contributed by atoms with van der Waals surface area (Å²) in [6, 6.07) is 16.0. The average Bonchev–Trinajstić information content (AvgIpc) is 2.48. The lowest BCUT2D eigenvalue weighted by molar-refractivity contribution is 0.395. The molecule has 0 aromatic heterocycles. The van der Waals surface area contributed by atoms with Crippen molar-refractivity contribution in [3.05, 3.63) is 65.7 Å². The van der Waals surface area contributed by atoms with Gasteiger partial charge in [0, 0.05) is 6.42 Å². The summed E-state index contributed by atoms with van der Waals surface area (Å²) in [7, 11) is -2.32. The molecule has 2 rings (SSSR count). The second-order valence-corrected chi connectivity index (χ2v) is 6.24. The molecule has 0 radical (unpaired) electrons. The van der Waals surface area contributed by atoms with Crippen molar-refractivity contribution in [1.29, 1.82) is 0 Å². The highest BCUT2D eigenvalue weighted by Gasteiger charge is 2.15. The van der Waals surface area contributed by atoms with Crippen molar-refractivity contribution in [2.75, 3.05) is 7.11 Å². The van der Waals surface area contributed by atoms with Crippen LogP contribution >= 0.6 is 0 Å². The van der Waals surface area contributed by atoms with Crippen molar-refractivity contribution in [2.45, 2.75) is 18.2 Å². The molecule has 2 aromatic carbocycles. The largest absolute Gasteiger partial charge is 0.483 e. The van der Waals surface area contributed by atoms with Crippen molar-refractivity contribution < 1.29 is 13.2 Å². The zero-order chi connectivity index (χ0) is 15.3. The van der Waals surface area contributed by atoms with E-state index in [9.17, 15) is 8.42 Å². The van der Waals surface area contributed by atoms with Crippen LogP contribution in [0.2, 0.25) is 0 Å². The van der Waals surface area contributed by atoms with E-state index in [4.69, 9.17) is 4.74 Å². The SMILES string of the molecule is CO/C(Cc1ccccc1)=N\S(=O)(=O)c1ccc(C)cc1. The summed E-state index contributed by atoms with van der Waals surface area (Å²) in [5.74, 6) is 0.168. The number of rotatable bonds is 4. The van der Waals surface area contributed by atoms with Crippen LogP contribution in [0.25, 0.3) is 0 Å². The van der Waals surface area contributed by atoms with Crippen LogP contribution in [0.3, 0.4) is 0 Å². The van der Waals surface area contributed by atoms with Gasteiger partial charge in [-0.05, 0) is 24.6 Å². The lowest BCUT2D eigenvalue weighted by Gasteiger charge is -2.06. The predicted octanol–water partition coefficient (Wildman–Crippen LogP) is 2.97. The fourth-order valence-electron chi connectivity index (χ4n) is 1.81. The minimum Gasteiger partial charge on any atom is -0.483 e. The maximum absolute atomic E-state index is 12.2. The van der Waals surface area contributed by atoms with Gasteiger partial charge in [0.2, 0.25) is 5.90 Å². The molecule has 110 valence electrons. The molecule has 0 aliphatic heterocycles. The van der Waals surface area contributed by atoms with E-state index in [1.165, 1.54) is 7.11 Å². The lowest BCUT2D eigenvalue weighted by Crippen LogP contribution is -2.10. The Morgan fingerprint density at radius 1 is 1.05 bits per heavy atom. The highest BCUT2D eigenvalue weighted by Crippen LogP contribution is 2.14. The Bertz CT molecular complexity index is 720. The zero-order valence-electron chi connectivity index (χ0n) is 12.0. The number of nitrogens with zero attached hydrogens (tertiary/aromatic N) is 1. The number of aryl methyl sites for hydroxylation is 1. The number of hydrogen-bond donors (Lipinski definition) is 0. The van der Waals surface area contributed by atoms with Crippen LogP contribution in [0.4, 0.5) is 0 Å². The summed E-state index contributed by atoms with van der Waals surface area (Å²) in [6.45, 7) is 1.90. The molecule has 0 saturated heterocycles. The van der Waals surface area contributed by atoms with E-state index in [2.05, 4.69) is 4.40 Å². The Kier molecular flexibility index (Phi) is 4.75. The van der Waals surface area contributed by atoms with Gasteiger partial charge in [-0.3, -0.25) is 0 Å². The summed E-state index contributed by atoms with van der Waals surface area (Å²) in [5, 5.41) is 0. The molecule has 0 aliphatic rings. The first kappa shape index (κ1) is 15.3. The van der Waals surface area contributed by atoms with Gasteiger partial charge in [0.25, 0.3) is 10.0 Å². The van der Waals surface area contributed by atoms with Gasteiger partial charge in [0.1, 0.15) is 0 Å². The molecule has 0 heterocycles. The van der Waals surface area contributed by atoms with Crippen LogP contribution in [0.15, 0.2) is 63.9 Å². The lowest BCUT2D eigenvalue weighted by atomic mass is 10.1. The molecule has 0 spiro atoms. The third kappa shape index (κ3) is 4.16. The molecule has 5 heteroatoms. The molecule has 0 N–H and O–H groups in total. The van der Waals surface area contributed by atoms with Crippen molar-refractivity contribution in [3.63, 3.8) is 0 Å². The molecule has 0 aliphatic carbocycles. The highest BCUT2D eigenvalue weighted by molar-refractivity contribution is 7.90. The van der Waals surface area contributed by atoms with Gasteiger partial charge in [-0.1, -0.05) is 48.0 Å². The summed E-state index contributed by atoms with van der Waals surface area (Å²) in [6.07, 6.45) is 0.336. The number of sulfonamides is 1. The molecule has 0 atom stereocenters. The van der Waals surface area contributed by atoms with Gasteiger partial charge in [-0.15, -0.1) is 4.40 Å². The molecule has 2 aromatic rings. The Morgan fingerprint density at radius 3 is 2.24 bits per heavy atom. The third-order valence-electron chi connectivity index (χ3n) is 2.97. The fourth-order valence-corrected chi connectivity index (χ4v) is 2.80. The molecule has 21 heavy (non-hydrogen) atoms. The number of methoxy groups -OCH3 is 1. The molecular weight excluding hydrogens is 286 g/mol. The van der Waals surface area contributed by atoms with Gasteiger partial charge in [0.05, 0.1) is 12.0 Å². The van der Waals surface area contributed by atoms with Crippen LogP contribution in [0.5, 0.6) is 0 Å². The number of ether oxygens (including phenoxy) is 1. The van der Waals surface area contributed by atoms with Gasteiger partial charge in [-0.25, -0.2) is 0 Å². The van der Waals surface area contributed by atoms with Gasteiger partial charge >= 0.3 is 0 Å². The zero-order valence-corrected chi connectivity index (χ0v) is 12.8. The molecule has 0 fully saturated rings. The first-order valence-electron chi connectivity index (χ1n) is 6.50. The van der Waals surface area contributed by atoms with Crippen molar-refractivity contribution in [3.8, 4) is 0 Å². The maximum atomic E-state index is 12.2. The summed E-state index contributed by atoms with van der Waals surface area (Å²) in [5.41, 5.74) is 1.94. The van der Waals surface area contributed by atoms with Crippen molar-refractivity contribution >= 4 is 15.9 Å². The molecular formula is C16H17NO3S. The standard InChI is InChI=1S/C16H17NO3S/c1-13-8-10-15(11-9-13)21(18,19)17-16(20-2)12-14-6-4-3-5-7-14/h3-11H,12H2,1-2H3/b17-16-. The summed E-state index contributed by atoms with van der Waals surface area (Å²) >= 11 is 0. The van der Waals surface area contributed by atoms with E-state index >= 15 is 0 Å². The Hall–Kier alpha value is -2.14. The van der Waals surface area contributed by atoms with Crippen LogP contribution in [-0.2, 0) is 21.2 Å². The van der Waals surface area contributed by atoms with Crippen molar-refractivity contribution in [2.24, 2.45) is 4.40 Å². The summed E-state index contributed by atoms with van der Waals surface area (Å²) in [4.78, 5) is 0.163. The van der Waals surface area contributed by atoms with E-state index in [0.717, 1.165) is 11.1 Å². The molecule has 0 saturated carbocycles. The number of hydrogen-bond acceptors (Lipinski definition) is 3. The van der Waals surface area contributed by atoms with Gasteiger partial charge < -0.3 is 4.74 Å². The minimum absolute atomic E-state index is 0.163. The van der Waals surface area contributed by atoms with Crippen LogP contribution < -0.4 is 0 Å². The van der Waals surface area contributed by atoms with Crippen molar-refractivity contribution in [1.82, 2.24) is 0 Å². The molecule has 0 amide bonds. The van der Waals surface area contributed by atoms with Crippen LogP contribution in [0.1, 0.15) is 11.1 Å². The smallest absolute Gasteiger partial charge is 0.285 e. The Balaban J connectivity index is 2.28. The summed E-state index contributed by atoms with van der Waals surface area (Å²) < 4.78 is 33.4. The van der Waals surface area contributed by atoms with Gasteiger partial charge in [0.15, 0.2) is 0 Å². The Labute approximate surface area is 125 Å². The Morgan fingerprint density at radius 2 is 1.67 bits per heavy atom. The van der Waals surface area contributed by atoms with E-state index in [1.54, 1.807) is 24.3 Å².